The van der Waals surface area contributed by atoms with E-state index in [1.165, 1.54) is 16.7 Å². The fourth-order valence-electron chi connectivity index (χ4n) is 3.35. The van der Waals surface area contributed by atoms with E-state index in [1.54, 1.807) is 0 Å². The smallest absolute Gasteiger partial charge is 0.234 e. The van der Waals surface area contributed by atoms with Crippen molar-refractivity contribution >= 4 is 17.5 Å². The third kappa shape index (κ3) is 4.16. The van der Waals surface area contributed by atoms with Gasteiger partial charge in [0.05, 0.1) is 6.54 Å². The van der Waals surface area contributed by atoms with Gasteiger partial charge < -0.3 is 5.32 Å². The number of hydrogen-bond donors (Lipinski definition) is 1. The van der Waals surface area contributed by atoms with E-state index >= 15 is 0 Å². The summed E-state index contributed by atoms with van der Waals surface area (Å²) >= 11 is 6.11. The third-order valence-corrected chi connectivity index (χ3v) is 4.92. The molecular formula is C20H23ClN2O. The van der Waals surface area contributed by atoms with Gasteiger partial charge in [0.25, 0.3) is 0 Å². The summed E-state index contributed by atoms with van der Waals surface area (Å²) in [5.74, 6) is 0.0761. The molecule has 3 rings (SSSR count). The predicted octanol–water partition coefficient (Wildman–Crippen LogP) is 4.10. The van der Waals surface area contributed by atoms with Gasteiger partial charge in [-0.1, -0.05) is 48.0 Å². The molecule has 1 heterocycles. The van der Waals surface area contributed by atoms with Crippen molar-refractivity contribution in [3.05, 3.63) is 70.2 Å². The van der Waals surface area contributed by atoms with Gasteiger partial charge >= 0.3 is 0 Å². The van der Waals surface area contributed by atoms with E-state index in [0.717, 1.165) is 24.4 Å². The normalized spacial score (nSPS) is 17.8. The van der Waals surface area contributed by atoms with Gasteiger partial charge in [-0.25, -0.2) is 0 Å². The van der Waals surface area contributed by atoms with Crippen LogP contribution in [-0.4, -0.2) is 23.9 Å². The lowest BCUT2D eigenvalue weighted by atomic mass is 10.0. The van der Waals surface area contributed by atoms with E-state index in [1.807, 2.05) is 30.3 Å². The van der Waals surface area contributed by atoms with E-state index < -0.39 is 0 Å². The van der Waals surface area contributed by atoms with Crippen molar-refractivity contribution in [3.63, 3.8) is 0 Å². The number of amides is 1. The number of halogens is 1. The van der Waals surface area contributed by atoms with Crippen LogP contribution in [0.2, 0.25) is 5.02 Å². The zero-order valence-electron chi connectivity index (χ0n) is 14.0. The molecule has 0 saturated carbocycles. The van der Waals surface area contributed by atoms with Gasteiger partial charge in [-0.2, -0.15) is 0 Å². The molecule has 2 aromatic carbocycles. The first kappa shape index (κ1) is 17.0. The summed E-state index contributed by atoms with van der Waals surface area (Å²) < 4.78 is 0. The molecule has 1 atom stereocenters. The fraction of sp³-hybridized carbons (Fsp3) is 0.350. The number of benzene rings is 2. The highest BCUT2D eigenvalue weighted by Gasteiger charge is 2.27. The van der Waals surface area contributed by atoms with Crippen molar-refractivity contribution in [2.75, 3.05) is 13.1 Å². The first-order valence-corrected chi connectivity index (χ1v) is 8.82. The Morgan fingerprint density at radius 3 is 2.88 bits per heavy atom. The van der Waals surface area contributed by atoms with E-state index in [0.29, 0.717) is 13.1 Å². The van der Waals surface area contributed by atoms with Gasteiger partial charge in [-0.05, 0) is 55.1 Å². The molecule has 1 saturated heterocycles. The average Bonchev–Trinajstić information content (AvgIpc) is 3.02. The van der Waals surface area contributed by atoms with E-state index in [9.17, 15) is 4.79 Å². The minimum absolute atomic E-state index is 0.0761. The Bertz CT molecular complexity index is 716. The molecule has 1 fully saturated rings. The number of nitrogens with zero attached hydrogens (tertiary/aromatic N) is 1. The second kappa shape index (κ2) is 7.82. The fourth-order valence-corrected chi connectivity index (χ4v) is 3.55. The van der Waals surface area contributed by atoms with Crippen molar-refractivity contribution in [1.82, 2.24) is 10.2 Å². The Morgan fingerprint density at radius 2 is 2.08 bits per heavy atom. The van der Waals surface area contributed by atoms with E-state index in [4.69, 9.17) is 11.6 Å². The Kier molecular flexibility index (Phi) is 5.54. The van der Waals surface area contributed by atoms with Crippen molar-refractivity contribution in [1.29, 1.82) is 0 Å². The van der Waals surface area contributed by atoms with Crippen LogP contribution >= 0.6 is 11.6 Å². The number of nitrogens with one attached hydrogen (secondary N) is 1. The highest BCUT2D eigenvalue weighted by Crippen LogP contribution is 2.32. The number of aryl methyl sites for hydroxylation is 1. The Balaban J connectivity index is 1.58. The van der Waals surface area contributed by atoms with Crippen LogP contribution in [0.3, 0.4) is 0 Å². The number of hydrogen-bond acceptors (Lipinski definition) is 2. The molecule has 1 N–H and O–H groups in total. The Labute approximate surface area is 148 Å². The number of likely N-dealkylation sites (tertiary alicyclic amines) is 1. The van der Waals surface area contributed by atoms with Crippen LogP contribution in [0.15, 0.2) is 48.5 Å². The molecule has 0 aromatic heterocycles. The number of rotatable bonds is 5. The summed E-state index contributed by atoms with van der Waals surface area (Å²) in [6.45, 7) is 4.04. The first-order chi connectivity index (χ1) is 11.6. The number of carbonyl (C=O) groups is 1. The second-order valence-electron chi connectivity index (χ2n) is 6.39. The highest BCUT2D eigenvalue weighted by atomic mass is 35.5. The lowest BCUT2D eigenvalue weighted by Gasteiger charge is -2.24. The molecule has 1 amide bonds. The monoisotopic (exact) mass is 342 g/mol. The third-order valence-electron chi connectivity index (χ3n) is 4.68. The molecule has 2 aromatic rings. The van der Waals surface area contributed by atoms with E-state index in [-0.39, 0.29) is 11.9 Å². The van der Waals surface area contributed by atoms with Crippen LogP contribution in [0.4, 0.5) is 0 Å². The van der Waals surface area contributed by atoms with Gasteiger partial charge in [0.15, 0.2) is 0 Å². The maximum atomic E-state index is 12.3. The zero-order valence-corrected chi connectivity index (χ0v) is 14.7. The van der Waals surface area contributed by atoms with Gasteiger partial charge in [0.1, 0.15) is 0 Å². The molecule has 3 nitrogen and oxygen atoms in total. The lowest BCUT2D eigenvalue weighted by Crippen LogP contribution is -2.36. The maximum absolute atomic E-state index is 12.3. The zero-order chi connectivity index (χ0) is 16.9. The summed E-state index contributed by atoms with van der Waals surface area (Å²) in [6, 6.07) is 16.4. The standard InChI is InChI=1S/C20H23ClN2O/c1-15-6-2-3-7-17(15)13-22-20(24)14-23-11-5-10-19(23)16-8-4-9-18(21)12-16/h2-4,6-9,12,19H,5,10-11,13-14H2,1H3,(H,22,24). The molecule has 24 heavy (non-hydrogen) atoms. The molecule has 0 bridgehead atoms. The molecular weight excluding hydrogens is 320 g/mol. The topological polar surface area (TPSA) is 32.3 Å². The molecule has 1 aliphatic rings. The molecule has 1 aliphatic heterocycles. The molecule has 126 valence electrons. The van der Waals surface area contributed by atoms with Gasteiger partial charge in [-0.15, -0.1) is 0 Å². The van der Waals surface area contributed by atoms with E-state index in [2.05, 4.69) is 35.3 Å². The first-order valence-electron chi connectivity index (χ1n) is 8.44. The summed E-state index contributed by atoms with van der Waals surface area (Å²) in [5.41, 5.74) is 3.57. The SMILES string of the molecule is Cc1ccccc1CNC(=O)CN1CCCC1c1cccc(Cl)c1. The van der Waals surface area contributed by atoms with Crippen LogP contribution in [0, 0.1) is 6.92 Å². The summed E-state index contributed by atoms with van der Waals surface area (Å²) in [4.78, 5) is 14.6. The molecule has 1 unspecified atom stereocenters. The molecule has 0 spiro atoms. The molecule has 0 aliphatic carbocycles. The average molecular weight is 343 g/mol. The minimum Gasteiger partial charge on any atom is -0.351 e. The van der Waals surface area contributed by atoms with Gasteiger partial charge in [0.2, 0.25) is 5.91 Å². The maximum Gasteiger partial charge on any atom is 0.234 e. The van der Waals surface area contributed by atoms with Crippen LogP contribution < -0.4 is 5.32 Å². The predicted molar refractivity (Wildman–Crippen MR) is 98.0 cm³/mol. The van der Waals surface area contributed by atoms with Crippen molar-refractivity contribution < 1.29 is 4.79 Å². The minimum atomic E-state index is 0.0761. The second-order valence-corrected chi connectivity index (χ2v) is 6.82. The van der Waals surface area contributed by atoms with Crippen molar-refractivity contribution in [3.8, 4) is 0 Å². The Hall–Kier alpha value is -1.84. The van der Waals surface area contributed by atoms with Crippen molar-refractivity contribution in [2.45, 2.75) is 32.4 Å². The number of carbonyl (C=O) groups excluding carboxylic acids is 1. The molecule has 0 radical (unpaired) electrons. The molecule has 4 heteroatoms. The largest absolute Gasteiger partial charge is 0.351 e. The van der Waals surface area contributed by atoms with Gasteiger partial charge in [-0.3, -0.25) is 9.69 Å². The van der Waals surface area contributed by atoms with Crippen LogP contribution in [-0.2, 0) is 11.3 Å². The van der Waals surface area contributed by atoms with Crippen LogP contribution in [0.25, 0.3) is 0 Å². The quantitative estimate of drug-likeness (QED) is 0.887. The van der Waals surface area contributed by atoms with Crippen LogP contribution in [0.5, 0.6) is 0 Å². The summed E-state index contributed by atoms with van der Waals surface area (Å²) in [7, 11) is 0. The van der Waals surface area contributed by atoms with Crippen molar-refractivity contribution in [2.24, 2.45) is 0 Å². The Morgan fingerprint density at radius 1 is 1.25 bits per heavy atom. The summed E-state index contributed by atoms with van der Waals surface area (Å²) in [6.07, 6.45) is 2.19. The van der Waals surface area contributed by atoms with Gasteiger partial charge in [0, 0.05) is 17.6 Å². The highest BCUT2D eigenvalue weighted by molar-refractivity contribution is 6.30. The lowest BCUT2D eigenvalue weighted by molar-refractivity contribution is -0.122. The summed E-state index contributed by atoms with van der Waals surface area (Å²) in [5, 5.41) is 3.80. The van der Waals surface area contributed by atoms with Crippen LogP contribution in [0.1, 0.15) is 35.6 Å².